The summed E-state index contributed by atoms with van der Waals surface area (Å²) < 4.78 is 25.4. The van der Waals surface area contributed by atoms with Crippen molar-refractivity contribution >= 4 is 50.8 Å². The number of nitrogens with one attached hydrogen (secondary N) is 2. The van der Waals surface area contributed by atoms with Gasteiger partial charge in [-0.1, -0.05) is 12.1 Å². The molecule has 0 bridgehead atoms. The first-order valence-corrected chi connectivity index (χ1v) is 11.0. The van der Waals surface area contributed by atoms with E-state index in [1.165, 1.54) is 0 Å². The second-order valence-corrected chi connectivity index (χ2v) is 8.89. The van der Waals surface area contributed by atoms with Gasteiger partial charge in [0.05, 0.1) is 22.5 Å². The van der Waals surface area contributed by atoms with Crippen LogP contribution in [0.2, 0.25) is 0 Å². The van der Waals surface area contributed by atoms with E-state index in [-0.39, 0.29) is 41.5 Å². The van der Waals surface area contributed by atoms with Crippen molar-refractivity contribution in [2.75, 3.05) is 24.6 Å². The van der Waals surface area contributed by atoms with Gasteiger partial charge in [-0.2, -0.15) is 0 Å². The number of nitrogens with zero attached hydrogens (tertiary/aromatic N) is 3. The number of aryl methyl sites for hydroxylation is 2. The zero-order valence-corrected chi connectivity index (χ0v) is 19.0. The van der Waals surface area contributed by atoms with E-state index in [1.54, 1.807) is 0 Å². The Kier molecular flexibility index (Phi) is 7.90. The van der Waals surface area contributed by atoms with Crippen molar-refractivity contribution in [2.45, 2.75) is 39.3 Å². The largest absolute Gasteiger partial charge is 0.357 e. The molecule has 3 rings (SSSR count). The standard InChI is InChI=1S/C18H27N5O2S.HI/c1-3-19-18(22-15-9-12-26(24,25)13-15)20-10-6-11-23-14(2)21-16-7-4-5-8-17(16)23;/h4-5,7-8,15H,3,6,9-13H2,1-2H3,(H2,19,20,22);1H. The summed E-state index contributed by atoms with van der Waals surface area (Å²) in [6.07, 6.45) is 1.54. The maximum Gasteiger partial charge on any atom is 0.191 e. The fourth-order valence-corrected chi connectivity index (χ4v) is 4.99. The number of rotatable bonds is 6. The predicted octanol–water partition coefficient (Wildman–Crippen LogP) is 2.10. The monoisotopic (exact) mass is 505 g/mol. The lowest BCUT2D eigenvalue weighted by Gasteiger charge is -2.15. The van der Waals surface area contributed by atoms with E-state index in [0.717, 1.165) is 36.4 Å². The van der Waals surface area contributed by atoms with Gasteiger partial charge < -0.3 is 15.2 Å². The Morgan fingerprint density at radius 2 is 2.15 bits per heavy atom. The molecule has 1 atom stereocenters. The number of halogens is 1. The summed E-state index contributed by atoms with van der Waals surface area (Å²) in [6, 6.07) is 8.10. The van der Waals surface area contributed by atoms with Crippen LogP contribution in [0.15, 0.2) is 29.3 Å². The van der Waals surface area contributed by atoms with E-state index in [0.29, 0.717) is 18.9 Å². The SMILES string of the molecule is CCNC(=NCCCn1c(C)nc2ccccc21)NC1CCS(=O)(=O)C1.I. The van der Waals surface area contributed by atoms with Crippen LogP contribution in [-0.4, -0.2) is 54.6 Å². The van der Waals surface area contributed by atoms with Crippen molar-refractivity contribution in [3.63, 3.8) is 0 Å². The first-order chi connectivity index (χ1) is 12.5. The van der Waals surface area contributed by atoms with Crippen LogP contribution in [0.3, 0.4) is 0 Å². The van der Waals surface area contributed by atoms with E-state index < -0.39 is 9.84 Å². The minimum absolute atomic E-state index is 0. The molecular formula is C18H28IN5O2S. The third kappa shape index (κ3) is 5.81. The molecule has 1 saturated heterocycles. The molecule has 0 aliphatic carbocycles. The maximum absolute atomic E-state index is 11.6. The van der Waals surface area contributed by atoms with Gasteiger partial charge in [0, 0.05) is 25.7 Å². The smallest absolute Gasteiger partial charge is 0.191 e. The van der Waals surface area contributed by atoms with Crippen molar-refractivity contribution in [3.8, 4) is 0 Å². The third-order valence-electron chi connectivity index (χ3n) is 4.57. The molecular weight excluding hydrogens is 477 g/mol. The van der Waals surface area contributed by atoms with Gasteiger partial charge in [0.1, 0.15) is 5.82 Å². The summed E-state index contributed by atoms with van der Waals surface area (Å²) in [4.78, 5) is 9.18. The molecule has 0 spiro atoms. The molecule has 1 aromatic heterocycles. The van der Waals surface area contributed by atoms with Gasteiger partial charge >= 0.3 is 0 Å². The fraction of sp³-hybridized carbons (Fsp3) is 0.556. The lowest BCUT2D eigenvalue weighted by molar-refractivity contribution is 0.599. The summed E-state index contributed by atoms with van der Waals surface area (Å²) in [6.45, 7) is 6.30. The van der Waals surface area contributed by atoms with Gasteiger partial charge in [-0.15, -0.1) is 24.0 Å². The molecule has 1 aliphatic rings. The van der Waals surface area contributed by atoms with E-state index in [1.807, 2.05) is 32.0 Å². The van der Waals surface area contributed by atoms with Crippen LogP contribution in [0.5, 0.6) is 0 Å². The molecule has 7 nitrogen and oxygen atoms in total. The number of aliphatic imine (C=N–C) groups is 1. The van der Waals surface area contributed by atoms with Crippen molar-refractivity contribution in [1.29, 1.82) is 0 Å². The Balaban J connectivity index is 0.00000261. The van der Waals surface area contributed by atoms with Gasteiger partial charge in [-0.25, -0.2) is 13.4 Å². The summed E-state index contributed by atoms with van der Waals surface area (Å²) in [7, 11) is -2.89. The highest BCUT2D eigenvalue weighted by Gasteiger charge is 2.28. The van der Waals surface area contributed by atoms with Gasteiger partial charge in [-0.3, -0.25) is 4.99 Å². The van der Waals surface area contributed by atoms with Gasteiger partial charge in [0.15, 0.2) is 15.8 Å². The summed E-state index contributed by atoms with van der Waals surface area (Å²) in [5, 5.41) is 6.44. The predicted molar refractivity (Wildman–Crippen MR) is 121 cm³/mol. The molecule has 1 unspecified atom stereocenters. The Morgan fingerprint density at radius 3 is 2.85 bits per heavy atom. The Labute approximate surface area is 178 Å². The Morgan fingerprint density at radius 1 is 1.37 bits per heavy atom. The molecule has 0 saturated carbocycles. The molecule has 0 amide bonds. The summed E-state index contributed by atoms with van der Waals surface area (Å²) in [5.41, 5.74) is 2.17. The zero-order chi connectivity index (χ0) is 18.6. The van der Waals surface area contributed by atoms with Crippen LogP contribution >= 0.6 is 24.0 Å². The van der Waals surface area contributed by atoms with Crippen LogP contribution in [0, 0.1) is 6.92 Å². The number of para-hydroxylation sites is 2. The number of guanidine groups is 1. The Bertz CT molecular complexity index is 894. The number of sulfone groups is 1. The van der Waals surface area contributed by atoms with Crippen LogP contribution < -0.4 is 10.6 Å². The minimum atomic E-state index is -2.89. The van der Waals surface area contributed by atoms with Crippen molar-refractivity contribution in [1.82, 2.24) is 20.2 Å². The van der Waals surface area contributed by atoms with Crippen LogP contribution in [-0.2, 0) is 16.4 Å². The molecule has 1 aliphatic heterocycles. The molecule has 0 radical (unpaired) electrons. The molecule has 9 heteroatoms. The van der Waals surface area contributed by atoms with Crippen LogP contribution in [0.25, 0.3) is 11.0 Å². The number of imidazole rings is 1. The average molecular weight is 505 g/mol. The van der Waals surface area contributed by atoms with Gasteiger partial charge in [0.25, 0.3) is 0 Å². The molecule has 2 aromatic rings. The second kappa shape index (κ2) is 9.72. The lowest BCUT2D eigenvalue weighted by atomic mass is 10.3. The highest BCUT2D eigenvalue weighted by Crippen LogP contribution is 2.15. The summed E-state index contributed by atoms with van der Waals surface area (Å²) >= 11 is 0. The second-order valence-electron chi connectivity index (χ2n) is 6.66. The van der Waals surface area contributed by atoms with Crippen molar-refractivity contribution in [3.05, 3.63) is 30.1 Å². The molecule has 1 aromatic carbocycles. The topological polar surface area (TPSA) is 88.4 Å². The van der Waals surface area contributed by atoms with Crippen molar-refractivity contribution in [2.24, 2.45) is 4.99 Å². The minimum Gasteiger partial charge on any atom is -0.357 e. The number of hydrogen-bond donors (Lipinski definition) is 2. The lowest BCUT2D eigenvalue weighted by Crippen LogP contribution is -2.44. The van der Waals surface area contributed by atoms with Crippen LogP contribution in [0.1, 0.15) is 25.6 Å². The maximum atomic E-state index is 11.6. The first-order valence-electron chi connectivity index (χ1n) is 9.15. The Hall–Kier alpha value is -1.36. The highest BCUT2D eigenvalue weighted by atomic mass is 127. The van der Waals surface area contributed by atoms with E-state index in [9.17, 15) is 8.42 Å². The average Bonchev–Trinajstić information content (AvgIpc) is 3.10. The molecule has 27 heavy (non-hydrogen) atoms. The van der Waals surface area contributed by atoms with Gasteiger partial charge in [-0.05, 0) is 38.8 Å². The molecule has 150 valence electrons. The van der Waals surface area contributed by atoms with E-state index >= 15 is 0 Å². The summed E-state index contributed by atoms with van der Waals surface area (Å²) in [5.74, 6) is 2.16. The van der Waals surface area contributed by atoms with E-state index in [2.05, 4.69) is 31.2 Å². The normalized spacial score (nSPS) is 19.0. The third-order valence-corrected chi connectivity index (χ3v) is 6.34. The first kappa shape index (κ1) is 21.9. The molecule has 2 N–H and O–H groups in total. The highest BCUT2D eigenvalue weighted by molar-refractivity contribution is 14.0. The van der Waals surface area contributed by atoms with Gasteiger partial charge in [0.2, 0.25) is 0 Å². The number of benzene rings is 1. The zero-order valence-electron chi connectivity index (χ0n) is 15.8. The molecule has 1 fully saturated rings. The number of fused-ring (bicyclic) bond motifs is 1. The van der Waals surface area contributed by atoms with Crippen LogP contribution in [0.4, 0.5) is 0 Å². The number of hydrogen-bond acceptors (Lipinski definition) is 4. The number of aromatic nitrogens is 2. The molecule has 2 heterocycles. The fourth-order valence-electron chi connectivity index (χ4n) is 3.32. The van der Waals surface area contributed by atoms with Crippen molar-refractivity contribution < 1.29 is 8.42 Å². The van der Waals surface area contributed by atoms with E-state index in [4.69, 9.17) is 0 Å². The quantitative estimate of drug-likeness (QED) is 0.272.